The van der Waals surface area contributed by atoms with E-state index in [1.807, 2.05) is 48.5 Å². The van der Waals surface area contributed by atoms with E-state index in [1.165, 1.54) is 11.3 Å². The highest BCUT2D eigenvalue weighted by Gasteiger charge is 2.16. The lowest BCUT2D eigenvalue weighted by atomic mass is 10.2. The predicted molar refractivity (Wildman–Crippen MR) is 110 cm³/mol. The third-order valence-electron chi connectivity index (χ3n) is 3.64. The van der Waals surface area contributed by atoms with Gasteiger partial charge in [0.05, 0.1) is 12.1 Å². The van der Waals surface area contributed by atoms with Crippen LogP contribution in [0.5, 0.6) is 5.75 Å². The molecule has 0 aliphatic heterocycles. The van der Waals surface area contributed by atoms with E-state index >= 15 is 0 Å². The zero-order valence-corrected chi connectivity index (χ0v) is 16.2. The molecular formula is C18H16ClN3O2S2. The van der Waals surface area contributed by atoms with Crippen LogP contribution in [-0.4, -0.2) is 18.1 Å². The summed E-state index contributed by atoms with van der Waals surface area (Å²) < 4.78 is 6.08. The summed E-state index contributed by atoms with van der Waals surface area (Å²) in [6, 6.07) is 15.2. The molecule has 0 radical (unpaired) electrons. The van der Waals surface area contributed by atoms with E-state index in [2.05, 4.69) is 16.2 Å². The fraction of sp³-hybridized carbons (Fsp3) is 0.111. The zero-order valence-electron chi connectivity index (χ0n) is 13.8. The quantitative estimate of drug-likeness (QED) is 0.454. The molecule has 3 aromatic rings. The Morgan fingerprint density at radius 1 is 1.15 bits per heavy atom. The molecule has 3 rings (SSSR count). The number of thiophene rings is 1. The van der Waals surface area contributed by atoms with Crippen molar-refractivity contribution in [1.29, 1.82) is 0 Å². The second-order valence-corrected chi connectivity index (χ2v) is 7.19. The van der Waals surface area contributed by atoms with Crippen molar-refractivity contribution in [3.05, 3.63) is 64.0 Å². The average molecular weight is 406 g/mol. The number of thiocarbonyl (C=S) groups is 1. The van der Waals surface area contributed by atoms with Gasteiger partial charge in [-0.15, -0.1) is 11.3 Å². The van der Waals surface area contributed by atoms with Gasteiger partial charge in [-0.25, -0.2) is 0 Å². The number of hydrogen-bond acceptors (Lipinski definition) is 4. The maximum atomic E-state index is 12.3. The van der Waals surface area contributed by atoms with Crippen molar-refractivity contribution >= 4 is 56.3 Å². The monoisotopic (exact) mass is 405 g/mol. The molecule has 134 valence electrons. The number of hydrogen-bond donors (Lipinski definition) is 3. The van der Waals surface area contributed by atoms with Crippen LogP contribution in [0.3, 0.4) is 0 Å². The van der Waals surface area contributed by atoms with E-state index in [1.54, 1.807) is 7.11 Å². The van der Waals surface area contributed by atoms with Gasteiger partial charge in [-0.05, 0) is 36.0 Å². The van der Waals surface area contributed by atoms with Crippen LogP contribution in [0.25, 0.3) is 10.1 Å². The standard InChI is InChI=1S/C18H16ClN3O2S2/c1-24-12-8-6-11(7-9-12)10-20-18(25)22-21-17(23)16-15(19)13-4-2-3-5-14(13)26-16/h2-9H,10H2,1H3,(H,21,23)(H2,20,22,25). The lowest BCUT2D eigenvalue weighted by Crippen LogP contribution is -2.46. The Hall–Kier alpha value is -2.35. The fourth-order valence-corrected chi connectivity index (χ4v) is 3.84. The molecule has 3 N–H and O–H groups in total. The third kappa shape index (κ3) is 4.24. The van der Waals surface area contributed by atoms with Gasteiger partial charge < -0.3 is 10.1 Å². The summed E-state index contributed by atoms with van der Waals surface area (Å²) in [5, 5.41) is 4.64. The van der Waals surface area contributed by atoms with Crippen LogP contribution in [0.4, 0.5) is 0 Å². The molecule has 0 saturated heterocycles. The van der Waals surface area contributed by atoms with E-state index in [9.17, 15) is 4.79 Å². The van der Waals surface area contributed by atoms with Crippen LogP contribution in [0.15, 0.2) is 48.5 Å². The van der Waals surface area contributed by atoms with E-state index in [4.69, 9.17) is 28.6 Å². The molecule has 0 unspecified atom stereocenters. The largest absolute Gasteiger partial charge is 0.497 e. The molecule has 8 heteroatoms. The molecule has 0 aliphatic carbocycles. The molecule has 1 amide bonds. The summed E-state index contributed by atoms with van der Waals surface area (Å²) in [4.78, 5) is 12.8. The highest BCUT2D eigenvalue weighted by atomic mass is 35.5. The van der Waals surface area contributed by atoms with Crippen LogP contribution >= 0.6 is 35.2 Å². The minimum atomic E-state index is -0.329. The summed E-state index contributed by atoms with van der Waals surface area (Å²) in [5.41, 5.74) is 6.29. The van der Waals surface area contributed by atoms with Crippen LogP contribution in [0, 0.1) is 0 Å². The minimum absolute atomic E-state index is 0.311. The minimum Gasteiger partial charge on any atom is -0.497 e. The zero-order chi connectivity index (χ0) is 18.5. The highest BCUT2D eigenvalue weighted by Crippen LogP contribution is 2.34. The first-order valence-electron chi connectivity index (χ1n) is 7.72. The first-order chi connectivity index (χ1) is 12.6. The number of methoxy groups -OCH3 is 1. The van der Waals surface area contributed by atoms with Crippen molar-refractivity contribution in [3.8, 4) is 5.75 Å². The maximum Gasteiger partial charge on any atom is 0.281 e. The molecule has 1 aromatic heterocycles. The lowest BCUT2D eigenvalue weighted by Gasteiger charge is -2.11. The number of rotatable bonds is 4. The van der Waals surface area contributed by atoms with Crippen molar-refractivity contribution in [1.82, 2.24) is 16.2 Å². The van der Waals surface area contributed by atoms with Crippen molar-refractivity contribution in [2.75, 3.05) is 7.11 Å². The number of carbonyl (C=O) groups is 1. The van der Waals surface area contributed by atoms with Gasteiger partial charge in [0, 0.05) is 16.6 Å². The second kappa shape index (κ2) is 8.35. The van der Waals surface area contributed by atoms with Gasteiger partial charge in [0.2, 0.25) is 0 Å². The Bertz CT molecular complexity index is 941. The van der Waals surface area contributed by atoms with E-state index in [-0.39, 0.29) is 5.91 Å². The number of benzene rings is 2. The van der Waals surface area contributed by atoms with Crippen LogP contribution in [0.1, 0.15) is 15.2 Å². The van der Waals surface area contributed by atoms with Gasteiger partial charge in [-0.3, -0.25) is 15.6 Å². The molecule has 5 nitrogen and oxygen atoms in total. The Kier molecular flexibility index (Phi) is 5.92. The molecule has 0 atom stereocenters. The Morgan fingerprint density at radius 2 is 1.88 bits per heavy atom. The van der Waals surface area contributed by atoms with Gasteiger partial charge in [-0.2, -0.15) is 0 Å². The van der Waals surface area contributed by atoms with Crippen molar-refractivity contribution in [3.63, 3.8) is 0 Å². The summed E-state index contributed by atoms with van der Waals surface area (Å²) >= 11 is 12.8. The van der Waals surface area contributed by atoms with Gasteiger partial charge in [0.1, 0.15) is 10.6 Å². The van der Waals surface area contributed by atoms with Crippen molar-refractivity contribution < 1.29 is 9.53 Å². The van der Waals surface area contributed by atoms with Crippen molar-refractivity contribution in [2.45, 2.75) is 6.54 Å². The number of nitrogens with one attached hydrogen (secondary N) is 3. The third-order valence-corrected chi connectivity index (χ3v) is 5.56. The molecule has 1 heterocycles. The smallest absolute Gasteiger partial charge is 0.281 e. The van der Waals surface area contributed by atoms with E-state index in [0.717, 1.165) is 21.4 Å². The molecule has 2 aromatic carbocycles. The highest BCUT2D eigenvalue weighted by molar-refractivity contribution is 7.80. The maximum absolute atomic E-state index is 12.3. The number of amides is 1. The van der Waals surface area contributed by atoms with Crippen LogP contribution < -0.4 is 20.9 Å². The van der Waals surface area contributed by atoms with E-state index < -0.39 is 0 Å². The number of halogens is 1. The molecular weight excluding hydrogens is 390 g/mol. The SMILES string of the molecule is COc1ccc(CNC(=S)NNC(=O)c2sc3ccccc3c2Cl)cc1. The normalized spacial score (nSPS) is 10.4. The Morgan fingerprint density at radius 3 is 2.58 bits per heavy atom. The molecule has 0 bridgehead atoms. The number of hydrazine groups is 1. The second-order valence-electron chi connectivity index (χ2n) is 5.35. The van der Waals surface area contributed by atoms with Gasteiger partial charge >= 0.3 is 0 Å². The first-order valence-corrected chi connectivity index (χ1v) is 9.33. The van der Waals surface area contributed by atoms with Gasteiger partial charge in [0.25, 0.3) is 5.91 Å². The van der Waals surface area contributed by atoms with Crippen molar-refractivity contribution in [2.24, 2.45) is 0 Å². The fourth-order valence-electron chi connectivity index (χ4n) is 2.30. The molecule has 26 heavy (non-hydrogen) atoms. The topological polar surface area (TPSA) is 62.4 Å². The number of fused-ring (bicyclic) bond motifs is 1. The lowest BCUT2D eigenvalue weighted by molar-refractivity contribution is 0.0948. The average Bonchev–Trinajstić information content (AvgIpc) is 3.02. The Balaban J connectivity index is 1.53. The number of ether oxygens (including phenoxy) is 1. The van der Waals surface area contributed by atoms with Gasteiger partial charge in [-0.1, -0.05) is 41.9 Å². The molecule has 0 saturated carbocycles. The van der Waals surface area contributed by atoms with Crippen LogP contribution in [-0.2, 0) is 6.54 Å². The van der Waals surface area contributed by atoms with Gasteiger partial charge in [0.15, 0.2) is 5.11 Å². The summed E-state index contributed by atoms with van der Waals surface area (Å²) in [7, 11) is 1.62. The first kappa shape index (κ1) is 18.4. The molecule has 0 aliphatic rings. The van der Waals surface area contributed by atoms with E-state index in [0.29, 0.717) is 21.6 Å². The molecule has 0 spiro atoms. The molecule has 0 fully saturated rings. The number of carbonyl (C=O) groups excluding carboxylic acids is 1. The summed E-state index contributed by atoms with van der Waals surface area (Å²) in [6.07, 6.45) is 0. The summed E-state index contributed by atoms with van der Waals surface area (Å²) in [6.45, 7) is 0.523. The summed E-state index contributed by atoms with van der Waals surface area (Å²) in [5.74, 6) is 0.465. The predicted octanol–water partition coefficient (Wildman–Crippen LogP) is 3.87. The Labute approximate surface area is 165 Å². The van der Waals surface area contributed by atoms with Crippen LogP contribution in [0.2, 0.25) is 5.02 Å².